The molecule has 0 spiro atoms. The summed E-state index contributed by atoms with van der Waals surface area (Å²) in [5.41, 5.74) is 2.44. The number of morpholine rings is 1. The van der Waals surface area contributed by atoms with Crippen molar-refractivity contribution in [1.82, 2.24) is 15.5 Å². The Kier molecular flexibility index (Phi) is 3.38. The lowest BCUT2D eigenvalue weighted by molar-refractivity contribution is 0.0244. The van der Waals surface area contributed by atoms with Crippen LogP contribution >= 0.6 is 0 Å². The lowest BCUT2D eigenvalue weighted by atomic mass is 10.0. The second-order valence-corrected chi connectivity index (χ2v) is 4.47. The van der Waals surface area contributed by atoms with Crippen LogP contribution in [-0.2, 0) is 11.2 Å². The van der Waals surface area contributed by atoms with Crippen molar-refractivity contribution in [1.29, 1.82) is 0 Å². The Hall–Kier alpha value is -0.870. The minimum absolute atomic E-state index is 0.148. The topological polar surface area (TPSA) is 49.9 Å². The van der Waals surface area contributed by atoms with Crippen LogP contribution in [0.3, 0.4) is 0 Å². The molecule has 1 atom stereocenters. The first-order valence-electron chi connectivity index (χ1n) is 5.62. The predicted octanol–water partition coefficient (Wildman–Crippen LogP) is 1.27. The van der Waals surface area contributed by atoms with Gasteiger partial charge in [-0.15, -0.1) is 0 Å². The third-order valence-electron chi connectivity index (χ3n) is 2.63. The molecule has 4 nitrogen and oxygen atoms in total. The molecule has 1 aromatic rings. The highest BCUT2D eigenvalue weighted by Crippen LogP contribution is 2.22. The van der Waals surface area contributed by atoms with Crippen molar-refractivity contribution in [3.63, 3.8) is 0 Å². The van der Waals surface area contributed by atoms with E-state index in [0.717, 1.165) is 31.8 Å². The highest BCUT2D eigenvalue weighted by Gasteiger charge is 2.20. The third-order valence-corrected chi connectivity index (χ3v) is 2.63. The molecule has 0 bridgehead atoms. The summed E-state index contributed by atoms with van der Waals surface area (Å²) in [6, 6.07) is 0. The molecule has 1 unspecified atom stereocenters. The monoisotopic (exact) mass is 209 g/mol. The molecule has 0 saturated carbocycles. The van der Waals surface area contributed by atoms with E-state index >= 15 is 0 Å². The number of hydrogen-bond acceptors (Lipinski definition) is 3. The van der Waals surface area contributed by atoms with Gasteiger partial charge >= 0.3 is 0 Å². The molecule has 1 aromatic heterocycles. The number of ether oxygens (including phenoxy) is 1. The standard InChI is InChI=1S/C11H19N3O/c1-8(2)5-9-6-13-14-11(9)10-7-12-3-4-15-10/h6,8,10,12H,3-5,7H2,1-2H3,(H,13,14). The van der Waals surface area contributed by atoms with Crippen molar-refractivity contribution in [2.75, 3.05) is 19.7 Å². The summed E-state index contributed by atoms with van der Waals surface area (Å²) < 4.78 is 5.71. The second-order valence-electron chi connectivity index (χ2n) is 4.47. The molecule has 15 heavy (non-hydrogen) atoms. The normalized spacial score (nSPS) is 22.2. The first-order valence-corrected chi connectivity index (χ1v) is 5.62. The number of hydrogen-bond donors (Lipinski definition) is 2. The molecule has 2 heterocycles. The van der Waals surface area contributed by atoms with Gasteiger partial charge in [0.05, 0.1) is 18.5 Å². The fourth-order valence-electron chi connectivity index (χ4n) is 1.95. The number of H-pyrrole nitrogens is 1. The van der Waals surface area contributed by atoms with Crippen molar-refractivity contribution < 1.29 is 4.74 Å². The highest BCUT2D eigenvalue weighted by molar-refractivity contribution is 5.20. The van der Waals surface area contributed by atoms with E-state index in [1.54, 1.807) is 0 Å². The number of nitrogens with zero attached hydrogens (tertiary/aromatic N) is 1. The molecule has 4 heteroatoms. The van der Waals surface area contributed by atoms with E-state index in [1.807, 2.05) is 6.20 Å². The van der Waals surface area contributed by atoms with Crippen molar-refractivity contribution in [3.05, 3.63) is 17.5 Å². The lowest BCUT2D eigenvalue weighted by Gasteiger charge is -2.23. The van der Waals surface area contributed by atoms with E-state index in [4.69, 9.17) is 4.74 Å². The van der Waals surface area contributed by atoms with E-state index in [1.165, 1.54) is 5.56 Å². The molecule has 1 aliphatic heterocycles. The SMILES string of the molecule is CC(C)Cc1cn[nH]c1C1CNCCO1. The zero-order valence-electron chi connectivity index (χ0n) is 9.42. The van der Waals surface area contributed by atoms with Gasteiger partial charge in [-0.05, 0) is 17.9 Å². The molecule has 2 rings (SSSR count). The third kappa shape index (κ3) is 2.58. The Bertz CT molecular complexity index is 303. The molecule has 0 aliphatic carbocycles. The maximum Gasteiger partial charge on any atom is 0.112 e. The zero-order chi connectivity index (χ0) is 10.7. The Labute approximate surface area is 90.4 Å². The zero-order valence-corrected chi connectivity index (χ0v) is 9.42. The average Bonchev–Trinajstić information content (AvgIpc) is 2.66. The highest BCUT2D eigenvalue weighted by atomic mass is 16.5. The number of aromatic nitrogens is 2. The van der Waals surface area contributed by atoms with E-state index in [9.17, 15) is 0 Å². The lowest BCUT2D eigenvalue weighted by Crippen LogP contribution is -2.34. The van der Waals surface area contributed by atoms with Crippen LogP contribution < -0.4 is 5.32 Å². The van der Waals surface area contributed by atoms with Crippen molar-refractivity contribution in [3.8, 4) is 0 Å². The largest absolute Gasteiger partial charge is 0.369 e. The molecule has 0 aromatic carbocycles. The van der Waals surface area contributed by atoms with Crippen molar-refractivity contribution >= 4 is 0 Å². The maximum atomic E-state index is 5.71. The van der Waals surface area contributed by atoms with Gasteiger partial charge in [0, 0.05) is 13.1 Å². The Morgan fingerprint density at radius 1 is 1.60 bits per heavy atom. The van der Waals surface area contributed by atoms with Crippen LogP contribution in [0.15, 0.2) is 6.20 Å². The molecule has 84 valence electrons. The van der Waals surface area contributed by atoms with Crippen LogP contribution in [0, 0.1) is 5.92 Å². The van der Waals surface area contributed by atoms with Crippen LogP contribution in [-0.4, -0.2) is 29.9 Å². The van der Waals surface area contributed by atoms with E-state index < -0.39 is 0 Å². The molecule has 0 radical (unpaired) electrons. The quantitative estimate of drug-likeness (QED) is 0.788. The summed E-state index contributed by atoms with van der Waals surface area (Å²) in [6.45, 7) is 7.05. The summed E-state index contributed by atoms with van der Waals surface area (Å²) in [7, 11) is 0. The Morgan fingerprint density at radius 3 is 3.13 bits per heavy atom. The second kappa shape index (κ2) is 4.77. The number of aromatic amines is 1. The molecular weight excluding hydrogens is 190 g/mol. The first kappa shape index (κ1) is 10.6. The predicted molar refractivity (Wildman–Crippen MR) is 58.7 cm³/mol. The minimum atomic E-state index is 0.148. The minimum Gasteiger partial charge on any atom is -0.369 e. The maximum absolute atomic E-state index is 5.71. The number of nitrogens with one attached hydrogen (secondary N) is 2. The van der Waals surface area contributed by atoms with Crippen LogP contribution in [0.2, 0.25) is 0 Å². The van der Waals surface area contributed by atoms with Gasteiger partial charge in [0.1, 0.15) is 6.10 Å². The van der Waals surface area contributed by atoms with Gasteiger partial charge in [0.25, 0.3) is 0 Å². The van der Waals surface area contributed by atoms with Crippen molar-refractivity contribution in [2.45, 2.75) is 26.4 Å². The van der Waals surface area contributed by atoms with Gasteiger partial charge in [-0.1, -0.05) is 13.8 Å². The van der Waals surface area contributed by atoms with Crippen LogP contribution in [0.4, 0.5) is 0 Å². The van der Waals surface area contributed by atoms with Gasteiger partial charge in [0.15, 0.2) is 0 Å². The van der Waals surface area contributed by atoms with E-state index in [0.29, 0.717) is 5.92 Å². The van der Waals surface area contributed by atoms with E-state index in [2.05, 4.69) is 29.4 Å². The molecule has 2 N–H and O–H groups in total. The summed E-state index contributed by atoms with van der Waals surface area (Å²) >= 11 is 0. The molecule has 1 fully saturated rings. The van der Waals surface area contributed by atoms with Crippen molar-refractivity contribution in [2.24, 2.45) is 5.92 Å². The molecule has 0 amide bonds. The fraction of sp³-hybridized carbons (Fsp3) is 0.727. The van der Waals surface area contributed by atoms with Gasteiger partial charge in [0.2, 0.25) is 0 Å². The molecule has 1 aliphatic rings. The Balaban J connectivity index is 2.09. The summed E-state index contributed by atoms with van der Waals surface area (Å²) in [5, 5.41) is 10.5. The van der Waals surface area contributed by atoms with Crippen LogP contribution in [0.5, 0.6) is 0 Å². The molecule has 1 saturated heterocycles. The van der Waals surface area contributed by atoms with E-state index in [-0.39, 0.29) is 6.10 Å². The fourth-order valence-corrected chi connectivity index (χ4v) is 1.95. The first-order chi connectivity index (χ1) is 7.27. The number of rotatable bonds is 3. The summed E-state index contributed by atoms with van der Waals surface area (Å²) in [5.74, 6) is 0.651. The van der Waals surface area contributed by atoms with Gasteiger partial charge < -0.3 is 10.1 Å². The van der Waals surface area contributed by atoms with Gasteiger partial charge in [-0.2, -0.15) is 5.10 Å². The molecular formula is C11H19N3O. The van der Waals surface area contributed by atoms with Crippen LogP contribution in [0.1, 0.15) is 31.2 Å². The Morgan fingerprint density at radius 2 is 2.47 bits per heavy atom. The summed E-state index contributed by atoms with van der Waals surface area (Å²) in [4.78, 5) is 0. The average molecular weight is 209 g/mol. The van der Waals surface area contributed by atoms with Gasteiger partial charge in [-0.25, -0.2) is 0 Å². The summed E-state index contributed by atoms with van der Waals surface area (Å²) in [6.07, 6.45) is 3.13. The van der Waals surface area contributed by atoms with Crippen LogP contribution in [0.25, 0.3) is 0 Å². The smallest absolute Gasteiger partial charge is 0.112 e. The van der Waals surface area contributed by atoms with Gasteiger partial charge in [-0.3, -0.25) is 5.10 Å².